The second kappa shape index (κ2) is 9.19. The number of hydrogen-bond donors (Lipinski definition) is 1. The van der Waals surface area contributed by atoms with Crippen LogP contribution in [-0.2, 0) is 9.59 Å². The summed E-state index contributed by atoms with van der Waals surface area (Å²) in [5.41, 5.74) is 2.51. The molecule has 1 heterocycles. The molecule has 1 aliphatic carbocycles. The zero-order chi connectivity index (χ0) is 22.8. The highest BCUT2D eigenvalue weighted by Crippen LogP contribution is 2.44. The van der Waals surface area contributed by atoms with E-state index >= 15 is 0 Å². The molecule has 1 aliphatic heterocycles. The van der Waals surface area contributed by atoms with E-state index in [0.29, 0.717) is 11.3 Å². The van der Waals surface area contributed by atoms with Crippen LogP contribution in [0.25, 0.3) is 5.76 Å². The van der Waals surface area contributed by atoms with Gasteiger partial charge in [-0.05, 0) is 56.9 Å². The van der Waals surface area contributed by atoms with Crippen LogP contribution >= 0.6 is 0 Å². The molecule has 2 fully saturated rings. The van der Waals surface area contributed by atoms with Gasteiger partial charge in [0.1, 0.15) is 11.5 Å². The van der Waals surface area contributed by atoms with E-state index in [4.69, 9.17) is 4.74 Å². The van der Waals surface area contributed by atoms with Crippen LogP contribution in [0.2, 0.25) is 0 Å². The summed E-state index contributed by atoms with van der Waals surface area (Å²) < 4.78 is 5.77. The number of Topliss-reactive ketones (excluding diaryl/α,β-unsaturated/α-hetero) is 1. The Balaban J connectivity index is 1.86. The molecule has 4 rings (SSSR count). The molecule has 1 atom stereocenters. The Labute approximate surface area is 189 Å². The smallest absolute Gasteiger partial charge is 0.295 e. The molecule has 1 saturated carbocycles. The largest absolute Gasteiger partial charge is 0.507 e. The summed E-state index contributed by atoms with van der Waals surface area (Å²) in [5.74, 6) is -0.667. The van der Waals surface area contributed by atoms with Gasteiger partial charge in [-0.15, -0.1) is 0 Å². The predicted molar refractivity (Wildman–Crippen MR) is 124 cm³/mol. The van der Waals surface area contributed by atoms with E-state index in [9.17, 15) is 14.7 Å². The van der Waals surface area contributed by atoms with Crippen LogP contribution < -0.4 is 4.74 Å². The molecule has 1 unspecified atom stereocenters. The molecule has 0 radical (unpaired) electrons. The predicted octanol–water partition coefficient (Wildman–Crippen LogP) is 5.54. The van der Waals surface area contributed by atoms with Crippen molar-refractivity contribution in [1.29, 1.82) is 0 Å². The van der Waals surface area contributed by atoms with E-state index in [2.05, 4.69) is 0 Å². The zero-order valence-corrected chi connectivity index (χ0v) is 19.0. The summed E-state index contributed by atoms with van der Waals surface area (Å²) in [7, 11) is 0. The number of carbonyl (C=O) groups is 2. The third-order valence-electron chi connectivity index (χ3n) is 6.41. The van der Waals surface area contributed by atoms with Gasteiger partial charge >= 0.3 is 0 Å². The van der Waals surface area contributed by atoms with E-state index in [1.807, 2.05) is 51.1 Å². The lowest BCUT2D eigenvalue weighted by Crippen LogP contribution is -2.40. The number of carbonyl (C=O) groups excluding carboxylic acids is 2. The Hall–Kier alpha value is -3.08. The number of rotatable bonds is 5. The molecule has 1 amide bonds. The summed E-state index contributed by atoms with van der Waals surface area (Å²) in [6.45, 7) is 5.84. The SMILES string of the molecule is Cc1ccccc1C1/C(=C(\O)c2cccc(OC(C)C)c2)C(=O)C(=O)N1C1CCCCC1. The number of ketones is 1. The standard InChI is InChI=1S/C27H31NO4/c1-17(2)32-21-14-9-11-19(16-21)25(29)23-24(22-15-8-7-10-18(22)3)28(27(31)26(23)30)20-12-5-4-6-13-20/h7-11,14-17,20,24,29H,4-6,12-13H2,1-3H3/b25-23+. The third-order valence-corrected chi connectivity index (χ3v) is 6.41. The summed E-state index contributed by atoms with van der Waals surface area (Å²) >= 11 is 0. The van der Waals surface area contributed by atoms with Gasteiger partial charge in [-0.1, -0.05) is 55.7 Å². The average molecular weight is 434 g/mol. The molecule has 5 heteroatoms. The molecular formula is C27H31NO4. The van der Waals surface area contributed by atoms with Gasteiger partial charge in [-0.25, -0.2) is 0 Å². The van der Waals surface area contributed by atoms with Gasteiger partial charge in [0, 0.05) is 11.6 Å². The van der Waals surface area contributed by atoms with E-state index < -0.39 is 17.7 Å². The molecule has 5 nitrogen and oxygen atoms in total. The Morgan fingerprint density at radius 2 is 1.75 bits per heavy atom. The van der Waals surface area contributed by atoms with E-state index in [1.54, 1.807) is 23.1 Å². The molecule has 168 valence electrons. The average Bonchev–Trinajstić information content (AvgIpc) is 3.04. The van der Waals surface area contributed by atoms with E-state index in [0.717, 1.165) is 43.2 Å². The maximum Gasteiger partial charge on any atom is 0.295 e. The number of aliphatic hydroxyl groups is 1. The highest BCUT2D eigenvalue weighted by molar-refractivity contribution is 6.46. The van der Waals surface area contributed by atoms with E-state index in [1.165, 1.54) is 0 Å². The summed E-state index contributed by atoms with van der Waals surface area (Å²) in [5, 5.41) is 11.3. The molecule has 1 N–H and O–H groups in total. The fraction of sp³-hybridized carbons (Fsp3) is 0.407. The van der Waals surface area contributed by atoms with Crippen LogP contribution in [0.3, 0.4) is 0 Å². The first-order chi connectivity index (χ1) is 15.4. The fourth-order valence-corrected chi connectivity index (χ4v) is 4.93. The zero-order valence-electron chi connectivity index (χ0n) is 19.0. The van der Waals surface area contributed by atoms with Crippen LogP contribution in [0.5, 0.6) is 5.75 Å². The number of likely N-dealkylation sites (tertiary alicyclic amines) is 1. The van der Waals surface area contributed by atoms with Crippen LogP contribution in [0, 0.1) is 6.92 Å². The van der Waals surface area contributed by atoms with Gasteiger partial charge in [0.05, 0.1) is 17.7 Å². The van der Waals surface area contributed by atoms with Crippen molar-refractivity contribution >= 4 is 17.4 Å². The molecule has 0 aromatic heterocycles. The number of aliphatic hydroxyl groups excluding tert-OH is 1. The van der Waals surface area contributed by atoms with Crippen LogP contribution in [-0.4, -0.2) is 33.8 Å². The van der Waals surface area contributed by atoms with Crippen molar-refractivity contribution in [3.8, 4) is 5.75 Å². The van der Waals surface area contributed by atoms with Gasteiger partial charge in [-0.2, -0.15) is 0 Å². The number of amides is 1. The molecular weight excluding hydrogens is 402 g/mol. The van der Waals surface area contributed by atoms with Crippen molar-refractivity contribution in [2.75, 3.05) is 0 Å². The lowest BCUT2D eigenvalue weighted by molar-refractivity contribution is -0.141. The maximum atomic E-state index is 13.3. The lowest BCUT2D eigenvalue weighted by Gasteiger charge is -2.36. The number of nitrogens with zero attached hydrogens (tertiary/aromatic N) is 1. The van der Waals surface area contributed by atoms with Gasteiger partial charge in [0.15, 0.2) is 0 Å². The summed E-state index contributed by atoms with van der Waals surface area (Å²) in [6.07, 6.45) is 4.99. The first kappa shape index (κ1) is 22.1. The lowest BCUT2D eigenvalue weighted by atomic mass is 9.89. The normalized spacial score (nSPS) is 21.4. The molecule has 0 spiro atoms. The van der Waals surface area contributed by atoms with Crippen LogP contribution in [0.4, 0.5) is 0 Å². The summed E-state index contributed by atoms with van der Waals surface area (Å²) in [6, 6.07) is 14.3. The minimum absolute atomic E-state index is 0.00529. The topological polar surface area (TPSA) is 66.8 Å². The fourth-order valence-electron chi connectivity index (χ4n) is 4.93. The van der Waals surface area contributed by atoms with Crippen molar-refractivity contribution < 1.29 is 19.4 Å². The van der Waals surface area contributed by atoms with Crippen LogP contribution in [0.15, 0.2) is 54.1 Å². The number of benzene rings is 2. The molecule has 1 saturated heterocycles. The Kier molecular flexibility index (Phi) is 6.35. The van der Waals surface area contributed by atoms with E-state index in [-0.39, 0.29) is 23.5 Å². The quantitative estimate of drug-likeness (QED) is 0.382. The Bertz CT molecular complexity index is 1050. The maximum absolute atomic E-state index is 13.3. The van der Waals surface area contributed by atoms with Gasteiger partial charge in [-0.3, -0.25) is 9.59 Å². The highest BCUT2D eigenvalue weighted by Gasteiger charge is 2.49. The second-order valence-corrected chi connectivity index (χ2v) is 9.05. The molecule has 2 aromatic carbocycles. The highest BCUT2D eigenvalue weighted by atomic mass is 16.5. The number of ether oxygens (including phenoxy) is 1. The Morgan fingerprint density at radius 1 is 1.03 bits per heavy atom. The number of aryl methyl sites for hydroxylation is 1. The van der Waals surface area contributed by atoms with Crippen molar-refractivity contribution in [3.63, 3.8) is 0 Å². The van der Waals surface area contributed by atoms with Crippen molar-refractivity contribution in [3.05, 3.63) is 70.8 Å². The third kappa shape index (κ3) is 4.16. The van der Waals surface area contributed by atoms with Crippen molar-refractivity contribution in [2.45, 2.75) is 71.1 Å². The van der Waals surface area contributed by atoms with Crippen molar-refractivity contribution in [1.82, 2.24) is 4.90 Å². The minimum Gasteiger partial charge on any atom is -0.507 e. The van der Waals surface area contributed by atoms with Gasteiger partial charge in [0.25, 0.3) is 11.7 Å². The molecule has 0 bridgehead atoms. The Morgan fingerprint density at radius 3 is 2.44 bits per heavy atom. The number of hydrogen-bond acceptors (Lipinski definition) is 4. The van der Waals surface area contributed by atoms with Crippen molar-refractivity contribution in [2.24, 2.45) is 0 Å². The van der Waals surface area contributed by atoms with Gasteiger partial charge in [0.2, 0.25) is 0 Å². The minimum atomic E-state index is -0.614. The second-order valence-electron chi connectivity index (χ2n) is 9.05. The monoisotopic (exact) mass is 433 g/mol. The van der Waals surface area contributed by atoms with Crippen LogP contribution in [0.1, 0.15) is 68.7 Å². The first-order valence-corrected chi connectivity index (χ1v) is 11.5. The first-order valence-electron chi connectivity index (χ1n) is 11.5. The summed E-state index contributed by atoms with van der Waals surface area (Å²) in [4.78, 5) is 28.3. The molecule has 2 aliphatic rings. The van der Waals surface area contributed by atoms with Gasteiger partial charge < -0.3 is 14.7 Å². The molecule has 2 aromatic rings. The molecule has 32 heavy (non-hydrogen) atoms.